The van der Waals surface area contributed by atoms with Gasteiger partial charge in [-0.3, -0.25) is 0 Å². The molecular formula is C7H11NO2S2. The Balaban J connectivity index is 2.51. The number of allylic oxidation sites excluding steroid dienone is 1. The summed E-state index contributed by atoms with van der Waals surface area (Å²) in [5.74, 6) is 0. The van der Waals surface area contributed by atoms with Gasteiger partial charge in [-0.05, 0) is 24.3 Å². The van der Waals surface area contributed by atoms with E-state index in [0.717, 1.165) is 0 Å². The van der Waals surface area contributed by atoms with E-state index in [1.54, 1.807) is 21.6 Å². The lowest BCUT2D eigenvalue weighted by molar-refractivity contribution is 0.171. The summed E-state index contributed by atoms with van der Waals surface area (Å²) in [7, 11) is 4.69. The molecule has 0 bridgehead atoms. The summed E-state index contributed by atoms with van der Waals surface area (Å²) >= 11 is 0. The molecule has 0 fully saturated rings. The second-order valence-electron chi connectivity index (χ2n) is 2.43. The number of carbonyl (C=O) groups excluding carboxylic acids is 1. The molecule has 5 heteroatoms. The maximum absolute atomic E-state index is 10.8. The van der Waals surface area contributed by atoms with Crippen LogP contribution in [0, 0.1) is 0 Å². The van der Waals surface area contributed by atoms with Gasteiger partial charge in [-0.2, -0.15) is 0 Å². The van der Waals surface area contributed by atoms with E-state index in [4.69, 9.17) is 0 Å². The standard InChI is InChI=1S/C7H11NO2S2/c1-4-5(2)11-12-6(4)8-7(9)10-3/h6H,1-3H3,(H,8,9). The molecule has 1 unspecified atom stereocenters. The number of hydrogen-bond acceptors (Lipinski definition) is 4. The molecule has 12 heavy (non-hydrogen) atoms. The molecule has 0 aromatic heterocycles. The summed E-state index contributed by atoms with van der Waals surface area (Å²) in [5, 5.41) is 2.80. The van der Waals surface area contributed by atoms with Gasteiger partial charge in [0.2, 0.25) is 0 Å². The average Bonchev–Trinajstić information content (AvgIpc) is 2.36. The van der Waals surface area contributed by atoms with Crippen molar-refractivity contribution in [1.29, 1.82) is 0 Å². The molecule has 0 aliphatic carbocycles. The third-order valence-electron chi connectivity index (χ3n) is 1.65. The van der Waals surface area contributed by atoms with Crippen molar-refractivity contribution in [1.82, 2.24) is 5.32 Å². The highest BCUT2D eigenvalue weighted by Crippen LogP contribution is 2.44. The summed E-state index contributed by atoms with van der Waals surface area (Å²) in [4.78, 5) is 12.1. The maximum Gasteiger partial charge on any atom is 0.408 e. The van der Waals surface area contributed by atoms with Crippen LogP contribution in [-0.2, 0) is 4.74 Å². The van der Waals surface area contributed by atoms with Crippen molar-refractivity contribution in [2.45, 2.75) is 19.2 Å². The van der Waals surface area contributed by atoms with E-state index >= 15 is 0 Å². The van der Waals surface area contributed by atoms with Crippen molar-refractivity contribution < 1.29 is 9.53 Å². The zero-order chi connectivity index (χ0) is 9.14. The van der Waals surface area contributed by atoms with Gasteiger partial charge in [0, 0.05) is 0 Å². The van der Waals surface area contributed by atoms with Crippen molar-refractivity contribution in [3.63, 3.8) is 0 Å². The molecule has 1 atom stereocenters. The molecule has 1 N–H and O–H groups in total. The van der Waals surface area contributed by atoms with E-state index in [1.165, 1.54) is 17.6 Å². The van der Waals surface area contributed by atoms with E-state index in [0.29, 0.717) is 0 Å². The Morgan fingerprint density at radius 2 is 2.25 bits per heavy atom. The Hall–Kier alpha value is -0.290. The fourth-order valence-electron chi connectivity index (χ4n) is 0.741. The van der Waals surface area contributed by atoms with E-state index < -0.39 is 0 Å². The van der Waals surface area contributed by atoms with Crippen molar-refractivity contribution in [3.05, 3.63) is 10.5 Å². The SMILES string of the molecule is COC(=O)NC1SSC(C)=C1C. The molecule has 0 spiro atoms. The molecule has 1 rings (SSSR count). The van der Waals surface area contributed by atoms with Crippen molar-refractivity contribution >= 4 is 27.7 Å². The number of methoxy groups -OCH3 is 1. The van der Waals surface area contributed by atoms with Crippen molar-refractivity contribution in [2.24, 2.45) is 0 Å². The predicted octanol–water partition coefficient (Wildman–Crippen LogP) is 2.36. The fourth-order valence-corrected chi connectivity index (χ4v) is 3.46. The van der Waals surface area contributed by atoms with Crippen LogP contribution in [0.1, 0.15) is 13.8 Å². The quantitative estimate of drug-likeness (QED) is 0.667. The lowest BCUT2D eigenvalue weighted by Gasteiger charge is -2.10. The molecular weight excluding hydrogens is 194 g/mol. The number of carbonyl (C=O) groups is 1. The zero-order valence-electron chi connectivity index (χ0n) is 7.21. The first-order valence-corrected chi connectivity index (χ1v) is 5.71. The third-order valence-corrected chi connectivity index (χ3v) is 4.60. The number of ether oxygens (including phenoxy) is 1. The van der Waals surface area contributed by atoms with Gasteiger partial charge in [-0.1, -0.05) is 21.6 Å². The van der Waals surface area contributed by atoms with Crippen LogP contribution >= 0.6 is 21.6 Å². The first-order valence-electron chi connectivity index (χ1n) is 3.50. The van der Waals surface area contributed by atoms with Crippen LogP contribution in [0.4, 0.5) is 4.79 Å². The van der Waals surface area contributed by atoms with E-state index in [9.17, 15) is 4.79 Å². The lowest BCUT2D eigenvalue weighted by Crippen LogP contribution is -2.31. The van der Waals surface area contributed by atoms with Gasteiger partial charge in [0.15, 0.2) is 0 Å². The molecule has 0 saturated carbocycles. The predicted molar refractivity (Wildman–Crippen MR) is 52.9 cm³/mol. The van der Waals surface area contributed by atoms with E-state index in [-0.39, 0.29) is 11.5 Å². The first-order chi connectivity index (χ1) is 5.65. The van der Waals surface area contributed by atoms with Crippen molar-refractivity contribution in [3.8, 4) is 0 Å². The van der Waals surface area contributed by atoms with Crippen LogP contribution in [0.5, 0.6) is 0 Å². The highest BCUT2D eigenvalue weighted by atomic mass is 33.1. The molecule has 1 heterocycles. The van der Waals surface area contributed by atoms with Crippen molar-refractivity contribution in [2.75, 3.05) is 7.11 Å². The monoisotopic (exact) mass is 205 g/mol. The largest absolute Gasteiger partial charge is 0.453 e. The van der Waals surface area contributed by atoms with Gasteiger partial charge in [-0.15, -0.1) is 0 Å². The van der Waals surface area contributed by atoms with Crippen LogP contribution in [0.3, 0.4) is 0 Å². The Bertz CT molecular complexity index is 227. The van der Waals surface area contributed by atoms with Gasteiger partial charge >= 0.3 is 6.09 Å². The van der Waals surface area contributed by atoms with Crippen LogP contribution in [0.25, 0.3) is 0 Å². The highest BCUT2D eigenvalue weighted by molar-refractivity contribution is 8.78. The minimum Gasteiger partial charge on any atom is -0.453 e. The first kappa shape index (κ1) is 9.80. The number of hydrogen-bond donors (Lipinski definition) is 1. The molecule has 0 aromatic rings. The molecule has 0 radical (unpaired) electrons. The molecule has 0 aromatic carbocycles. The average molecular weight is 205 g/mol. The lowest BCUT2D eigenvalue weighted by atomic mass is 10.3. The second kappa shape index (κ2) is 4.09. The minimum atomic E-state index is -0.373. The van der Waals surface area contributed by atoms with Gasteiger partial charge in [0.05, 0.1) is 7.11 Å². The second-order valence-corrected chi connectivity index (χ2v) is 4.95. The summed E-state index contributed by atoms with van der Waals surface area (Å²) in [5.41, 5.74) is 1.20. The Morgan fingerprint density at radius 1 is 1.58 bits per heavy atom. The zero-order valence-corrected chi connectivity index (χ0v) is 8.84. The molecule has 3 nitrogen and oxygen atoms in total. The van der Waals surface area contributed by atoms with Gasteiger partial charge in [-0.25, -0.2) is 4.79 Å². The minimum absolute atomic E-state index is 0.0717. The number of amides is 1. The maximum atomic E-state index is 10.8. The van der Waals surface area contributed by atoms with E-state index in [2.05, 4.69) is 10.1 Å². The molecule has 1 amide bonds. The van der Waals surface area contributed by atoms with Gasteiger partial charge in [0.1, 0.15) is 5.37 Å². The Labute approximate surface area is 79.7 Å². The van der Waals surface area contributed by atoms with Crippen LogP contribution in [0.15, 0.2) is 10.5 Å². The van der Waals surface area contributed by atoms with E-state index in [1.807, 2.05) is 13.8 Å². The summed E-state index contributed by atoms with van der Waals surface area (Å²) in [6.45, 7) is 4.06. The number of nitrogens with one attached hydrogen (secondary N) is 1. The Morgan fingerprint density at radius 3 is 2.67 bits per heavy atom. The molecule has 0 saturated heterocycles. The van der Waals surface area contributed by atoms with Crippen LogP contribution < -0.4 is 5.32 Å². The summed E-state index contributed by atoms with van der Waals surface area (Å²) in [6, 6.07) is 0. The number of alkyl carbamates (subject to hydrolysis) is 1. The Kier molecular flexibility index (Phi) is 3.34. The third kappa shape index (κ3) is 2.10. The number of rotatable bonds is 1. The summed E-state index contributed by atoms with van der Waals surface area (Å²) < 4.78 is 4.50. The fraction of sp³-hybridized carbons (Fsp3) is 0.571. The summed E-state index contributed by atoms with van der Waals surface area (Å²) in [6.07, 6.45) is -0.373. The smallest absolute Gasteiger partial charge is 0.408 e. The molecule has 1 aliphatic heterocycles. The van der Waals surface area contributed by atoms with Crippen LogP contribution in [0.2, 0.25) is 0 Å². The normalized spacial score (nSPS) is 22.8. The van der Waals surface area contributed by atoms with Crippen LogP contribution in [-0.4, -0.2) is 18.6 Å². The topological polar surface area (TPSA) is 38.3 Å². The molecule has 1 aliphatic rings. The van der Waals surface area contributed by atoms with Gasteiger partial charge in [0.25, 0.3) is 0 Å². The van der Waals surface area contributed by atoms with Gasteiger partial charge < -0.3 is 10.1 Å². The molecule has 68 valence electrons. The highest BCUT2D eigenvalue weighted by Gasteiger charge is 2.23.